The first kappa shape index (κ1) is 11.6. The van der Waals surface area contributed by atoms with Crippen LogP contribution in [0.15, 0.2) is 18.2 Å². The van der Waals surface area contributed by atoms with E-state index in [1.54, 1.807) is 4.90 Å². The molecule has 1 aliphatic rings. The van der Waals surface area contributed by atoms with E-state index >= 15 is 0 Å². The van der Waals surface area contributed by atoms with Gasteiger partial charge in [-0.15, -0.1) is 0 Å². The molecule has 0 bridgehead atoms. The summed E-state index contributed by atoms with van der Waals surface area (Å²) in [6.07, 6.45) is -0.535. The summed E-state index contributed by atoms with van der Waals surface area (Å²) in [5.41, 5.74) is 3.08. The summed E-state index contributed by atoms with van der Waals surface area (Å²) in [4.78, 5) is 13.4. The third-order valence-electron chi connectivity index (χ3n) is 3.07. The van der Waals surface area contributed by atoms with Gasteiger partial charge in [0, 0.05) is 5.69 Å². The van der Waals surface area contributed by atoms with Crippen LogP contribution in [-0.4, -0.2) is 25.2 Å². The normalized spacial score (nSPS) is 20.2. The van der Waals surface area contributed by atoms with Crippen LogP contribution < -0.4 is 4.90 Å². The van der Waals surface area contributed by atoms with Gasteiger partial charge >= 0.3 is 0 Å². The van der Waals surface area contributed by atoms with Gasteiger partial charge in [-0.3, -0.25) is 4.79 Å². The second-order valence-electron chi connectivity index (χ2n) is 4.15. The van der Waals surface area contributed by atoms with Crippen LogP contribution >= 0.6 is 0 Å². The standard InChI is InChI=1S/C13H14N2O2/c1-9-4-3-5-12(10(9)2)15-7-11(6-14)17-8-13(15)16/h3-5,11H,7-8H2,1-2H3. The largest absolute Gasteiger partial charge is 0.352 e. The van der Waals surface area contributed by atoms with E-state index in [0.29, 0.717) is 6.54 Å². The van der Waals surface area contributed by atoms with Gasteiger partial charge in [0.2, 0.25) is 0 Å². The van der Waals surface area contributed by atoms with Gasteiger partial charge in [0.15, 0.2) is 6.10 Å². The first-order valence-corrected chi connectivity index (χ1v) is 5.51. The highest BCUT2D eigenvalue weighted by Gasteiger charge is 2.28. The van der Waals surface area contributed by atoms with E-state index in [-0.39, 0.29) is 12.5 Å². The smallest absolute Gasteiger partial charge is 0.253 e. The lowest BCUT2D eigenvalue weighted by molar-refractivity contribution is -0.127. The van der Waals surface area contributed by atoms with Crippen LogP contribution in [-0.2, 0) is 9.53 Å². The quantitative estimate of drug-likeness (QED) is 0.735. The van der Waals surface area contributed by atoms with Crippen molar-refractivity contribution in [2.24, 2.45) is 0 Å². The molecule has 1 saturated heterocycles. The molecule has 1 aromatic carbocycles. The Kier molecular flexibility index (Phi) is 3.12. The molecule has 0 N–H and O–H groups in total. The maximum absolute atomic E-state index is 11.8. The van der Waals surface area contributed by atoms with Crippen LogP contribution in [0.25, 0.3) is 0 Å². The van der Waals surface area contributed by atoms with Crippen molar-refractivity contribution in [3.63, 3.8) is 0 Å². The molecule has 0 radical (unpaired) electrons. The number of morpholine rings is 1. The molecule has 1 amide bonds. The summed E-state index contributed by atoms with van der Waals surface area (Å²) in [5.74, 6) is -0.0924. The van der Waals surface area contributed by atoms with Crippen LogP contribution in [0, 0.1) is 25.2 Å². The summed E-state index contributed by atoms with van der Waals surface area (Å²) in [6.45, 7) is 4.27. The Morgan fingerprint density at radius 1 is 1.47 bits per heavy atom. The Hall–Kier alpha value is -1.86. The van der Waals surface area contributed by atoms with E-state index in [4.69, 9.17) is 10.00 Å². The fraction of sp³-hybridized carbons (Fsp3) is 0.385. The van der Waals surface area contributed by atoms with E-state index in [2.05, 4.69) is 0 Å². The molecular weight excluding hydrogens is 216 g/mol. The second-order valence-corrected chi connectivity index (χ2v) is 4.15. The van der Waals surface area contributed by atoms with E-state index in [0.717, 1.165) is 16.8 Å². The van der Waals surface area contributed by atoms with Crippen molar-refractivity contribution in [2.45, 2.75) is 20.0 Å². The molecule has 0 aromatic heterocycles. The molecule has 0 aliphatic carbocycles. The summed E-state index contributed by atoms with van der Waals surface area (Å²) in [7, 11) is 0. The van der Waals surface area contributed by atoms with E-state index in [9.17, 15) is 4.79 Å². The number of nitrogens with zero attached hydrogens (tertiary/aromatic N) is 2. The Morgan fingerprint density at radius 2 is 2.24 bits per heavy atom. The maximum atomic E-state index is 11.8. The summed E-state index contributed by atoms with van der Waals surface area (Å²) in [5, 5.41) is 8.85. The molecule has 4 nitrogen and oxygen atoms in total. The van der Waals surface area contributed by atoms with Crippen molar-refractivity contribution in [3.05, 3.63) is 29.3 Å². The van der Waals surface area contributed by atoms with Gasteiger partial charge in [0.1, 0.15) is 6.61 Å². The zero-order chi connectivity index (χ0) is 12.4. The lowest BCUT2D eigenvalue weighted by atomic mass is 10.1. The van der Waals surface area contributed by atoms with Gasteiger partial charge in [-0.2, -0.15) is 5.26 Å². The highest BCUT2D eigenvalue weighted by molar-refractivity contribution is 5.95. The van der Waals surface area contributed by atoms with Gasteiger partial charge in [-0.25, -0.2) is 0 Å². The minimum atomic E-state index is -0.535. The number of anilines is 1. The Labute approximate surface area is 100 Å². The molecule has 1 atom stereocenters. The average molecular weight is 230 g/mol. The van der Waals surface area contributed by atoms with Gasteiger partial charge in [0.25, 0.3) is 5.91 Å². The first-order chi connectivity index (χ1) is 8.13. The highest BCUT2D eigenvalue weighted by Crippen LogP contribution is 2.24. The van der Waals surface area contributed by atoms with Gasteiger partial charge in [-0.05, 0) is 31.0 Å². The number of carbonyl (C=O) groups excluding carboxylic acids is 1. The molecular formula is C13H14N2O2. The van der Waals surface area contributed by atoms with Gasteiger partial charge in [0.05, 0.1) is 12.6 Å². The monoisotopic (exact) mass is 230 g/mol. The van der Waals surface area contributed by atoms with Crippen molar-refractivity contribution in [2.75, 3.05) is 18.1 Å². The SMILES string of the molecule is Cc1cccc(N2CC(C#N)OCC2=O)c1C. The zero-order valence-corrected chi connectivity index (χ0v) is 9.93. The average Bonchev–Trinajstić information content (AvgIpc) is 2.34. The number of rotatable bonds is 1. The summed E-state index contributed by atoms with van der Waals surface area (Å²) in [6, 6.07) is 7.87. The minimum absolute atomic E-state index is 0.0222. The van der Waals surface area contributed by atoms with Crippen LogP contribution in [0.4, 0.5) is 5.69 Å². The lowest BCUT2D eigenvalue weighted by Gasteiger charge is -2.31. The molecule has 0 saturated carbocycles. The van der Waals surface area contributed by atoms with Crippen LogP contribution in [0.3, 0.4) is 0 Å². The molecule has 1 aromatic rings. The topological polar surface area (TPSA) is 53.3 Å². The van der Waals surface area contributed by atoms with Crippen molar-refractivity contribution >= 4 is 11.6 Å². The minimum Gasteiger partial charge on any atom is -0.352 e. The number of amides is 1. The van der Waals surface area contributed by atoms with E-state index in [1.165, 1.54) is 0 Å². The molecule has 88 valence electrons. The van der Waals surface area contributed by atoms with Crippen molar-refractivity contribution in [1.29, 1.82) is 5.26 Å². The predicted molar refractivity (Wildman–Crippen MR) is 63.6 cm³/mol. The number of aryl methyl sites for hydroxylation is 1. The fourth-order valence-corrected chi connectivity index (χ4v) is 1.91. The summed E-state index contributed by atoms with van der Waals surface area (Å²) >= 11 is 0. The second kappa shape index (κ2) is 4.56. The Morgan fingerprint density at radius 3 is 2.94 bits per heavy atom. The third-order valence-corrected chi connectivity index (χ3v) is 3.07. The van der Waals surface area contributed by atoms with Crippen molar-refractivity contribution in [3.8, 4) is 6.07 Å². The van der Waals surface area contributed by atoms with Gasteiger partial charge in [-0.1, -0.05) is 12.1 Å². The Balaban J connectivity index is 2.35. The Bertz CT molecular complexity index is 491. The molecule has 1 heterocycles. The van der Waals surface area contributed by atoms with Crippen LogP contribution in [0.5, 0.6) is 0 Å². The maximum Gasteiger partial charge on any atom is 0.253 e. The molecule has 1 unspecified atom stereocenters. The molecule has 1 fully saturated rings. The number of carbonyl (C=O) groups is 1. The highest BCUT2D eigenvalue weighted by atomic mass is 16.5. The number of ether oxygens (including phenoxy) is 1. The van der Waals surface area contributed by atoms with Crippen LogP contribution in [0.2, 0.25) is 0 Å². The molecule has 2 rings (SSSR count). The van der Waals surface area contributed by atoms with Gasteiger partial charge < -0.3 is 9.64 Å². The number of hydrogen-bond donors (Lipinski definition) is 0. The van der Waals surface area contributed by atoms with Crippen molar-refractivity contribution < 1.29 is 9.53 Å². The number of hydrogen-bond acceptors (Lipinski definition) is 3. The predicted octanol–water partition coefficient (Wildman–Crippen LogP) is 1.56. The summed E-state index contributed by atoms with van der Waals surface area (Å²) < 4.78 is 5.11. The molecule has 0 spiro atoms. The molecule has 1 aliphatic heterocycles. The third kappa shape index (κ3) is 2.15. The van der Waals surface area contributed by atoms with E-state index < -0.39 is 6.10 Å². The van der Waals surface area contributed by atoms with E-state index in [1.807, 2.05) is 38.1 Å². The number of benzene rings is 1. The number of nitriles is 1. The lowest BCUT2D eigenvalue weighted by Crippen LogP contribution is -2.46. The van der Waals surface area contributed by atoms with Crippen molar-refractivity contribution in [1.82, 2.24) is 0 Å². The first-order valence-electron chi connectivity index (χ1n) is 5.51. The zero-order valence-electron chi connectivity index (χ0n) is 9.93. The fourth-order valence-electron chi connectivity index (χ4n) is 1.91. The molecule has 17 heavy (non-hydrogen) atoms. The molecule has 4 heteroatoms. The van der Waals surface area contributed by atoms with Crippen LogP contribution in [0.1, 0.15) is 11.1 Å².